The lowest BCUT2D eigenvalue weighted by atomic mass is 10.2. The Morgan fingerprint density at radius 1 is 0.833 bits per heavy atom. The number of rotatable bonds is 7. The smallest absolute Gasteiger partial charge is 0.343 e. The van der Waals surface area contributed by atoms with Crippen LogP contribution in [-0.4, -0.2) is 30.4 Å². The van der Waals surface area contributed by atoms with Gasteiger partial charge in [0.15, 0.2) is 0 Å². The van der Waals surface area contributed by atoms with Gasteiger partial charge in [0.05, 0.1) is 23.4 Å². The maximum Gasteiger partial charge on any atom is 0.343 e. The number of nitrogens with one attached hydrogen (secondary N) is 1. The molecule has 3 aromatic carbocycles. The van der Waals surface area contributed by atoms with Crippen LogP contribution >= 0.6 is 11.6 Å². The molecule has 2 amide bonds. The van der Waals surface area contributed by atoms with Gasteiger partial charge >= 0.3 is 11.9 Å². The molecule has 0 saturated carbocycles. The van der Waals surface area contributed by atoms with Crippen molar-refractivity contribution in [3.8, 4) is 5.75 Å². The van der Waals surface area contributed by atoms with E-state index in [-0.39, 0.29) is 28.6 Å². The van der Waals surface area contributed by atoms with Crippen molar-refractivity contribution in [1.29, 1.82) is 0 Å². The van der Waals surface area contributed by atoms with Gasteiger partial charge in [-0.2, -0.15) is 0 Å². The van der Waals surface area contributed by atoms with Crippen molar-refractivity contribution in [3.63, 3.8) is 0 Å². The summed E-state index contributed by atoms with van der Waals surface area (Å²) in [6, 6.07) is 19.1. The number of carbonyl (C=O) groups is 4. The third kappa shape index (κ3) is 5.13. The third-order valence-corrected chi connectivity index (χ3v) is 5.64. The lowest BCUT2D eigenvalue weighted by Crippen LogP contribution is -2.32. The predicted octanol–water partition coefficient (Wildman–Crippen LogP) is 4.83. The summed E-state index contributed by atoms with van der Waals surface area (Å²) in [6.45, 7) is 3.86. The lowest BCUT2D eigenvalue weighted by molar-refractivity contribution is -0.120. The summed E-state index contributed by atoms with van der Waals surface area (Å²) in [5, 5.41) is 2.57. The number of anilines is 2. The molecule has 1 heterocycles. The normalized spacial score (nSPS) is 13.1. The number of amides is 2. The molecule has 0 fully saturated rings. The van der Waals surface area contributed by atoms with Crippen LogP contribution in [0.25, 0.3) is 0 Å². The monoisotopic (exact) mass is 504 g/mol. The minimum Gasteiger partial charge on any atom is -0.462 e. The van der Waals surface area contributed by atoms with Crippen LogP contribution in [-0.2, 0) is 14.3 Å². The van der Waals surface area contributed by atoms with E-state index in [2.05, 4.69) is 5.32 Å². The maximum atomic E-state index is 13.0. The number of halogens is 1. The van der Waals surface area contributed by atoms with Gasteiger partial charge in [-0.15, -0.1) is 0 Å². The Balaban J connectivity index is 1.45. The van der Waals surface area contributed by atoms with Gasteiger partial charge in [0, 0.05) is 5.69 Å². The molecule has 0 saturated heterocycles. The summed E-state index contributed by atoms with van der Waals surface area (Å²) >= 11 is 6.18. The number of hydrogen-bond donors (Lipinski definition) is 1. The van der Waals surface area contributed by atoms with Gasteiger partial charge in [0.25, 0.3) is 11.8 Å². The Bertz CT molecular complexity index is 1360. The molecule has 0 aliphatic carbocycles. The number of ether oxygens (including phenoxy) is 2. The first-order chi connectivity index (χ1) is 17.3. The molecule has 182 valence electrons. The molecule has 3 aromatic rings. The van der Waals surface area contributed by atoms with Crippen LogP contribution in [0.4, 0.5) is 11.4 Å². The Kier molecular flexibility index (Phi) is 7.17. The number of carbonyl (C=O) groups excluding carboxylic acids is 4. The van der Waals surface area contributed by atoms with Crippen molar-refractivity contribution in [2.45, 2.75) is 13.8 Å². The number of aryl methyl sites for hydroxylation is 1. The molecule has 4 rings (SSSR count). The zero-order valence-electron chi connectivity index (χ0n) is 19.4. The molecule has 36 heavy (non-hydrogen) atoms. The van der Waals surface area contributed by atoms with Gasteiger partial charge in [-0.05, 0) is 74.5 Å². The molecule has 1 aliphatic rings. The van der Waals surface area contributed by atoms with E-state index >= 15 is 0 Å². The van der Waals surface area contributed by atoms with Crippen molar-refractivity contribution < 1.29 is 28.7 Å². The molecule has 1 N–H and O–H groups in total. The van der Waals surface area contributed by atoms with E-state index in [9.17, 15) is 19.2 Å². The first-order valence-corrected chi connectivity index (χ1v) is 11.4. The highest BCUT2D eigenvalue weighted by atomic mass is 35.5. The quantitative estimate of drug-likeness (QED) is 0.279. The van der Waals surface area contributed by atoms with Gasteiger partial charge in [-0.3, -0.25) is 9.59 Å². The Morgan fingerprint density at radius 2 is 1.42 bits per heavy atom. The van der Waals surface area contributed by atoms with Crippen molar-refractivity contribution in [3.05, 3.63) is 100 Å². The van der Waals surface area contributed by atoms with Crippen LogP contribution in [0, 0.1) is 6.92 Å². The van der Waals surface area contributed by atoms with E-state index in [4.69, 9.17) is 21.1 Å². The van der Waals surface area contributed by atoms with E-state index in [1.807, 2.05) is 19.1 Å². The van der Waals surface area contributed by atoms with Crippen LogP contribution < -0.4 is 15.0 Å². The summed E-state index contributed by atoms with van der Waals surface area (Å²) in [7, 11) is 0. The topological polar surface area (TPSA) is 102 Å². The minimum atomic E-state index is -0.702. The molecule has 9 heteroatoms. The highest BCUT2D eigenvalue weighted by Gasteiger charge is 2.39. The molecular weight excluding hydrogens is 484 g/mol. The van der Waals surface area contributed by atoms with Gasteiger partial charge in [-0.25, -0.2) is 14.5 Å². The highest BCUT2D eigenvalue weighted by molar-refractivity contribution is 6.53. The van der Waals surface area contributed by atoms with Crippen LogP contribution in [0.3, 0.4) is 0 Å². The Labute approximate surface area is 212 Å². The summed E-state index contributed by atoms with van der Waals surface area (Å²) < 4.78 is 10.3. The fourth-order valence-electron chi connectivity index (χ4n) is 3.41. The zero-order valence-corrected chi connectivity index (χ0v) is 20.2. The summed E-state index contributed by atoms with van der Waals surface area (Å²) in [5.74, 6) is -1.97. The Morgan fingerprint density at radius 3 is 2.03 bits per heavy atom. The van der Waals surface area contributed by atoms with Crippen LogP contribution in [0.5, 0.6) is 5.75 Å². The molecule has 0 atom stereocenters. The maximum absolute atomic E-state index is 13.0. The van der Waals surface area contributed by atoms with Crippen molar-refractivity contribution in [2.75, 3.05) is 16.8 Å². The standard InChI is InChI=1S/C27H21ClN2O6/c1-3-35-26(33)17-8-12-20(13-9-17)30-24(31)22(28)23(25(30)32)29-19-10-6-18(7-11-19)27(34)36-21-14-4-16(2)5-15-21/h4-15,29H,3H2,1-2H3. The molecule has 0 unspecified atom stereocenters. The summed E-state index contributed by atoms with van der Waals surface area (Å²) in [4.78, 5) is 50.8. The molecule has 0 radical (unpaired) electrons. The molecule has 8 nitrogen and oxygen atoms in total. The first-order valence-electron chi connectivity index (χ1n) is 11.0. The second-order valence-corrected chi connectivity index (χ2v) is 8.18. The van der Waals surface area contributed by atoms with Crippen molar-refractivity contribution in [2.24, 2.45) is 0 Å². The first kappa shape index (κ1) is 24.7. The molecule has 1 aliphatic heterocycles. The fraction of sp³-hybridized carbons (Fsp3) is 0.111. The summed E-state index contributed by atoms with van der Waals surface area (Å²) in [5.41, 5.74) is 2.23. The minimum absolute atomic E-state index is 0.105. The lowest BCUT2D eigenvalue weighted by Gasteiger charge is -2.15. The van der Waals surface area contributed by atoms with Crippen LogP contribution in [0.2, 0.25) is 0 Å². The second-order valence-electron chi connectivity index (χ2n) is 7.81. The molecular formula is C27H21ClN2O6. The summed E-state index contributed by atoms with van der Waals surface area (Å²) in [6.07, 6.45) is 0. The average Bonchev–Trinajstić information content (AvgIpc) is 3.09. The van der Waals surface area contributed by atoms with E-state index in [1.165, 1.54) is 36.4 Å². The van der Waals surface area contributed by atoms with E-state index in [0.717, 1.165) is 10.5 Å². The van der Waals surface area contributed by atoms with Gasteiger partial charge in [-0.1, -0.05) is 29.3 Å². The Hall–Kier alpha value is -4.43. The fourth-order valence-corrected chi connectivity index (χ4v) is 3.63. The van der Waals surface area contributed by atoms with Crippen molar-refractivity contribution >= 4 is 46.7 Å². The van der Waals surface area contributed by atoms with Crippen molar-refractivity contribution in [1.82, 2.24) is 0 Å². The average molecular weight is 505 g/mol. The van der Waals surface area contributed by atoms with E-state index in [0.29, 0.717) is 17.0 Å². The van der Waals surface area contributed by atoms with Gasteiger partial charge < -0.3 is 14.8 Å². The SMILES string of the molecule is CCOC(=O)c1ccc(N2C(=O)C(Cl)=C(Nc3ccc(C(=O)Oc4ccc(C)cc4)cc3)C2=O)cc1. The predicted molar refractivity (Wildman–Crippen MR) is 134 cm³/mol. The van der Waals surface area contributed by atoms with E-state index < -0.39 is 23.8 Å². The third-order valence-electron chi connectivity index (χ3n) is 5.29. The number of hydrogen-bond acceptors (Lipinski definition) is 7. The largest absolute Gasteiger partial charge is 0.462 e. The number of esters is 2. The molecule has 0 spiro atoms. The van der Waals surface area contributed by atoms with Gasteiger partial charge in [0.1, 0.15) is 16.5 Å². The van der Waals surface area contributed by atoms with Gasteiger partial charge in [0.2, 0.25) is 0 Å². The van der Waals surface area contributed by atoms with E-state index in [1.54, 1.807) is 31.2 Å². The second kappa shape index (κ2) is 10.5. The number of nitrogens with zero attached hydrogens (tertiary/aromatic N) is 1. The highest BCUT2D eigenvalue weighted by Crippen LogP contribution is 2.30. The number of benzene rings is 3. The van der Waals surface area contributed by atoms with Crippen LogP contribution in [0.15, 0.2) is 83.5 Å². The molecule has 0 aromatic heterocycles. The molecule has 0 bridgehead atoms. The zero-order chi connectivity index (χ0) is 25.8. The number of imide groups is 1. The van der Waals surface area contributed by atoms with Crippen LogP contribution in [0.1, 0.15) is 33.2 Å².